The molecule has 5 heteroatoms. The minimum absolute atomic E-state index is 0.0242. The number of carbonyl (C=O) groups excluding carboxylic acids is 2. The third kappa shape index (κ3) is 5.19. The summed E-state index contributed by atoms with van der Waals surface area (Å²) < 4.78 is 5.37. The number of rotatable bonds is 2. The van der Waals surface area contributed by atoms with Gasteiger partial charge in [-0.05, 0) is 61.4 Å². The van der Waals surface area contributed by atoms with Crippen molar-refractivity contribution in [1.82, 2.24) is 9.80 Å². The van der Waals surface area contributed by atoms with Crippen molar-refractivity contribution < 1.29 is 14.3 Å². The number of nitrogens with zero attached hydrogens (tertiary/aromatic N) is 2. The number of piperidine rings is 1. The monoisotopic (exact) mass is 444 g/mol. The molecule has 33 heavy (non-hydrogen) atoms. The second-order valence-electron chi connectivity index (χ2n) is 9.70. The second-order valence-corrected chi connectivity index (χ2v) is 9.70. The molecule has 0 N–H and O–H groups in total. The summed E-state index contributed by atoms with van der Waals surface area (Å²) in [6, 6.07) is 17.0. The molecule has 5 nitrogen and oxygen atoms in total. The number of ether oxygens (including phenoxy) is 1. The molecule has 172 valence electrons. The molecule has 0 atom stereocenters. The molecule has 0 bridgehead atoms. The van der Waals surface area contributed by atoms with Crippen molar-refractivity contribution in [2.24, 2.45) is 0 Å². The number of hydrogen-bond donors (Lipinski definition) is 0. The van der Waals surface area contributed by atoms with Crippen LogP contribution in [-0.4, -0.2) is 54.1 Å². The van der Waals surface area contributed by atoms with Crippen molar-refractivity contribution in [3.05, 3.63) is 76.4 Å². The molecule has 2 aromatic rings. The minimum Gasteiger partial charge on any atom is -0.444 e. The molecule has 0 saturated carbocycles. The van der Waals surface area contributed by atoms with E-state index in [1.165, 1.54) is 38.3 Å². The van der Waals surface area contributed by atoms with Gasteiger partial charge < -0.3 is 14.5 Å². The van der Waals surface area contributed by atoms with E-state index >= 15 is 0 Å². The van der Waals surface area contributed by atoms with E-state index in [-0.39, 0.29) is 12.5 Å². The van der Waals surface area contributed by atoms with E-state index in [0.29, 0.717) is 13.1 Å². The Morgan fingerprint density at radius 2 is 1.42 bits per heavy atom. The van der Waals surface area contributed by atoms with Crippen LogP contribution in [0.5, 0.6) is 0 Å². The Morgan fingerprint density at radius 3 is 1.94 bits per heavy atom. The minimum atomic E-state index is -0.583. The van der Waals surface area contributed by atoms with E-state index < -0.39 is 11.7 Å². The van der Waals surface area contributed by atoms with Gasteiger partial charge in [0, 0.05) is 20.1 Å². The lowest BCUT2D eigenvalue weighted by Gasteiger charge is -2.32. The fourth-order valence-electron chi connectivity index (χ4n) is 4.43. The van der Waals surface area contributed by atoms with Crippen molar-refractivity contribution in [2.75, 3.05) is 26.7 Å². The summed E-state index contributed by atoms with van der Waals surface area (Å²) in [7, 11) is 1.61. The highest BCUT2D eigenvalue weighted by Gasteiger charge is 2.27. The zero-order valence-electron chi connectivity index (χ0n) is 19.9. The van der Waals surface area contributed by atoms with Crippen LogP contribution in [0.4, 0.5) is 4.79 Å². The summed E-state index contributed by atoms with van der Waals surface area (Å²) in [5.74, 6) is -0.0456. The van der Waals surface area contributed by atoms with Crippen LogP contribution in [-0.2, 0) is 9.53 Å². The van der Waals surface area contributed by atoms with Crippen LogP contribution >= 0.6 is 0 Å². The molecule has 2 aliphatic rings. The van der Waals surface area contributed by atoms with Crippen molar-refractivity contribution >= 4 is 29.7 Å². The van der Waals surface area contributed by atoms with Crippen LogP contribution < -0.4 is 0 Å². The number of likely N-dealkylation sites (N-methyl/N-ethyl adjacent to an activating group) is 1. The van der Waals surface area contributed by atoms with Gasteiger partial charge in [-0.1, -0.05) is 66.3 Å². The lowest BCUT2D eigenvalue weighted by Crippen LogP contribution is -2.44. The molecule has 4 rings (SSSR count). The standard InChI is InChI=1S/C28H32N2O3/c1-28(2,3)33-27(32)29(4)19-25(31)30-17-15-22(16-18-30)26-23-11-7-5-9-20(23)13-14-21-10-6-8-12-24(21)26/h5-14H,15-19H2,1-4H3. The molecule has 0 radical (unpaired) electrons. The topological polar surface area (TPSA) is 49.9 Å². The third-order valence-electron chi connectivity index (χ3n) is 6.05. The predicted octanol–water partition coefficient (Wildman–Crippen LogP) is 5.46. The normalized spacial score (nSPS) is 15.5. The lowest BCUT2D eigenvalue weighted by molar-refractivity contribution is -0.132. The molecule has 1 fully saturated rings. The second kappa shape index (κ2) is 9.26. The molecule has 2 amide bonds. The van der Waals surface area contributed by atoms with Crippen molar-refractivity contribution in [2.45, 2.75) is 39.2 Å². The van der Waals surface area contributed by atoms with E-state index in [0.717, 1.165) is 12.8 Å². The molecular formula is C28H32N2O3. The summed E-state index contributed by atoms with van der Waals surface area (Å²) >= 11 is 0. The van der Waals surface area contributed by atoms with Gasteiger partial charge >= 0.3 is 6.09 Å². The van der Waals surface area contributed by atoms with Gasteiger partial charge in [-0.15, -0.1) is 0 Å². The molecule has 1 aliphatic heterocycles. The molecule has 1 aliphatic carbocycles. The summed E-state index contributed by atoms with van der Waals surface area (Å²) in [5.41, 5.74) is 7.02. The van der Waals surface area contributed by atoms with Crippen LogP contribution in [0.2, 0.25) is 0 Å². The first-order valence-corrected chi connectivity index (χ1v) is 11.5. The highest BCUT2D eigenvalue weighted by molar-refractivity contribution is 5.95. The number of fused-ring (bicyclic) bond motifs is 2. The summed E-state index contributed by atoms with van der Waals surface area (Å²) in [5, 5.41) is 0. The smallest absolute Gasteiger partial charge is 0.410 e. The Bertz CT molecular complexity index is 1060. The zero-order valence-corrected chi connectivity index (χ0v) is 19.9. The number of hydrogen-bond acceptors (Lipinski definition) is 3. The Morgan fingerprint density at radius 1 is 0.909 bits per heavy atom. The van der Waals surface area contributed by atoms with Crippen LogP contribution in [0.25, 0.3) is 17.7 Å². The largest absolute Gasteiger partial charge is 0.444 e. The van der Waals surface area contributed by atoms with Gasteiger partial charge in [0.25, 0.3) is 0 Å². The van der Waals surface area contributed by atoms with Gasteiger partial charge in [-0.3, -0.25) is 4.79 Å². The lowest BCUT2D eigenvalue weighted by atomic mass is 9.86. The Balaban J connectivity index is 1.52. The first-order chi connectivity index (χ1) is 15.7. The molecule has 0 unspecified atom stereocenters. The Hall–Kier alpha value is -3.34. The molecule has 1 saturated heterocycles. The first-order valence-electron chi connectivity index (χ1n) is 11.5. The Kier molecular flexibility index (Phi) is 6.41. The third-order valence-corrected chi connectivity index (χ3v) is 6.05. The van der Waals surface area contributed by atoms with E-state index in [9.17, 15) is 9.59 Å². The molecule has 1 heterocycles. The zero-order chi connectivity index (χ0) is 23.6. The van der Waals surface area contributed by atoms with Crippen LogP contribution in [0, 0.1) is 0 Å². The molecule has 0 spiro atoms. The molecule has 2 aromatic carbocycles. The SMILES string of the molecule is CN(CC(=O)N1CCC(=C2c3ccccc3C=Cc3ccccc32)CC1)C(=O)OC(C)(C)C. The van der Waals surface area contributed by atoms with Gasteiger partial charge in [-0.2, -0.15) is 0 Å². The van der Waals surface area contributed by atoms with Crippen molar-refractivity contribution in [3.63, 3.8) is 0 Å². The highest BCUT2D eigenvalue weighted by Crippen LogP contribution is 2.38. The first kappa shape index (κ1) is 22.8. The fraction of sp³-hybridized carbons (Fsp3) is 0.357. The van der Waals surface area contributed by atoms with Gasteiger partial charge in [-0.25, -0.2) is 4.79 Å². The highest BCUT2D eigenvalue weighted by atomic mass is 16.6. The predicted molar refractivity (Wildman–Crippen MR) is 133 cm³/mol. The van der Waals surface area contributed by atoms with E-state index in [1.54, 1.807) is 7.05 Å². The van der Waals surface area contributed by atoms with E-state index in [2.05, 4.69) is 60.7 Å². The molecular weight excluding hydrogens is 412 g/mol. The van der Waals surface area contributed by atoms with E-state index in [4.69, 9.17) is 4.74 Å². The number of benzene rings is 2. The maximum atomic E-state index is 12.9. The van der Waals surface area contributed by atoms with Crippen LogP contribution in [0.15, 0.2) is 54.1 Å². The number of amides is 2. The van der Waals surface area contributed by atoms with Gasteiger partial charge in [0.1, 0.15) is 12.1 Å². The number of likely N-dealkylation sites (tertiary alicyclic amines) is 1. The quantitative estimate of drug-likeness (QED) is 0.527. The fourth-order valence-corrected chi connectivity index (χ4v) is 4.43. The van der Waals surface area contributed by atoms with Crippen LogP contribution in [0.3, 0.4) is 0 Å². The maximum Gasteiger partial charge on any atom is 0.410 e. The maximum absolute atomic E-state index is 12.9. The van der Waals surface area contributed by atoms with Gasteiger partial charge in [0.05, 0.1) is 0 Å². The average Bonchev–Trinajstić information content (AvgIpc) is 2.95. The van der Waals surface area contributed by atoms with Crippen LogP contribution in [0.1, 0.15) is 55.9 Å². The van der Waals surface area contributed by atoms with Gasteiger partial charge in [0.15, 0.2) is 0 Å². The van der Waals surface area contributed by atoms with Crippen molar-refractivity contribution in [1.29, 1.82) is 0 Å². The summed E-state index contributed by atoms with van der Waals surface area (Å²) in [6.45, 7) is 6.78. The summed E-state index contributed by atoms with van der Waals surface area (Å²) in [6.07, 6.45) is 5.54. The average molecular weight is 445 g/mol. The molecule has 0 aromatic heterocycles. The summed E-state index contributed by atoms with van der Waals surface area (Å²) in [4.78, 5) is 28.3. The van der Waals surface area contributed by atoms with E-state index in [1.807, 2.05) is 25.7 Å². The van der Waals surface area contributed by atoms with Gasteiger partial charge in [0.2, 0.25) is 5.91 Å². The van der Waals surface area contributed by atoms with Crippen molar-refractivity contribution in [3.8, 4) is 0 Å². The number of carbonyl (C=O) groups is 2. The Labute approximate surface area is 196 Å².